The van der Waals surface area contributed by atoms with Crippen molar-refractivity contribution in [3.8, 4) is 0 Å². The zero-order valence-electron chi connectivity index (χ0n) is 17.8. The Labute approximate surface area is 185 Å². The second-order valence-electron chi connectivity index (χ2n) is 7.70. The molecule has 7 nitrogen and oxygen atoms in total. The third-order valence-electron chi connectivity index (χ3n) is 5.57. The number of aromatic nitrogens is 2. The molecule has 0 radical (unpaired) electrons. The molecule has 1 N–H and O–H groups in total. The van der Waals surface area contributed by atoms with Crippen molar-refractivity contribution in [2.24, 2.45) is 0 Å². The Morgan fingerprint density at radius 1 is 1.26 bits per heavy atom. The Hall–Kier alpha value is -2.84. The summed E-state index contributed by atoms with van der Waals surface area (Å²) in [5, 5.41) is 4.02. The quantitative estimate of drug-likeness (QED) is 0.573. The van der Waals surface area contributed by atoms with E-state index in [0.717, 1.165) is 34.2 Å². The Balaban J connectivity index is 1.60. The first-order valence-electron chi connectivity index (χ1n) is 10.5. The fraction of sp³-hybridized carbons (Fsp3) is 0.391. The molecule has 1 fully saturated rings. The Kier molecular flexibility index (Phi) is 6.58. The van der Waals surface area contributed by atoms with E-state index in [1.54, 1.807) is 19.5 Å². The molecule has 162 valence electrons. The predicted octanol–water partition coefficient (Wildman–Crippen LogP) is 3.22. The number of benzene rings is 1. The van der Waals surface area contributed by atoms with Crippen LogP contribution >= 0.6 is 11.3 Å². The van der Waals surface area contributed by atoms with Crippen LogP contribution < -0.4 is 5.32 Å². The van der Waals surface area contributed by atoms with E-state index in [0.29, 0.717) is 36.7 Å². The number of thiophene rings is 1. The monoisotopic (exact) mass is 438 g/mol. The topological polar surface area (TPSA) is 84.4 Å². The van der Waals surface area contributed by atoms with Gasteiger partial charge in [-0.3, -0.25) is 14.6 Å². The van der Waals surface area contributed by atoms with Gasteiger partial charge < -0.3 is 15.0 Å². The van der Waals surface area contributed by atoms with Gasteiger partial charge >= 0.3 is 0 Å². The van der Waals surface area contributed by atoms with Crippen LogP contribution in [0, 0.1) is 6.92 Å². The number of likely N-dealkylation sites (tertiary alicyclic amines) is 1. The summed E-state index contributed by atoms with van der Waals surface area (Å²) in [7, 11) is 1.61. The van der Waals surface area contributed by atoms with E-state index in [-0.39, 0.29) is 17.9 Å². The highest BCUT2D eigenvalue weighted by atomic mass is 32.1. The molecular formula is C23H26N4O3S. The molecule has 2 aromatic heterocycles. The molecule has 4 rings (SSSR count). The highest BCUT2D eigenvalue weighted by Gasteiger charge is 2.32. The molecule has 8 heteroatoms. The average molecular weight is 439 g/mol. The Morgan fingerprint density at radius 3 is 2.87 bits per heavy atom. The summed E-state index contributed by atoms with van der Waals surface area (Å²) in [6, 6.07) is 8.09. The molecule has 1 saturated heterocycles. The first kappa shape index (κ1) is 21.4. The number of methoxy groups -OCH3 is 1. The molecule has 1 aromatic carbocycles. The number of fused-ring (bicyclic) bond motifs is 1. The lowest BCUT2D eigenvalue weighted by Gasteiger charge is -2.24. The summed E-state index contributed by atoms with van der Waals surface area (Å²) >= 11 is 1.50. The van der Waals surface area contributed by atoms with E-state index in [2.05, 4.69) is 21.4 Å². The van der Waals surface area contributed by atoms with Gasteiger partial charge in [-0.25, -0.2) is 4.98 Å². The normalized spacial score (nSPS) is 16.1. The van der Waals surface area contributed by atoms with Crippen LogP contribution in [0.25, 0.3) is 10.1 Å². The maximum Gasteiger partial charge on any atom is 0.274 e. The standard InChI is InChI=1S/C23H26N4O3S/c1-15-13-26-19(14-25-15)23(29)27-10-5-6-16(27)12-18-17-7-3-4-8-20(17)31-21(18)22(28)24-9-11-30-2/h3-4,7-8,13-14,16H,5-6,9-12H2,1-2H3,(H,24,28). The fourth-order valence-electron chi connectivity index (χ4n) is 4.03. The van der Waals surface area contributed by atoms with Crippen LogP contribution in [0.3, 0.4) is 0 Å². The van der Waals surface area contributed by atoms with Crippen LogP contribution in [0.4, 0.5) is 0 Å². The van der Waals surface area contributed by atoms with E-state index in [1.165, 1.54) is 11.3 Å². The largest absolute Gasteiger partial charge is 0.383 e. The second-order valence-corrected chi connectivity index (χ2v) is 8.75. The Morgan fingerprint density at radius 2 is 2.10 bits per heavy atom. The molecule has 31 heavy (non-hydrogen) atoms. The number of carbonyl (C=O) groups is 2. The van der Waals surface area contributed by atoms with Gasteiger partial charge in [0.25, 0.3) is 11.8 Å². The predicted molar refractivity (Wildman–Crippen MR) is 121 cm³/mol. The first-order valence-corrected chi connectivity index (χ1v) is 11.3. The summed E-state index contributed by atoms with van der Waals surface area (Å²) in [5.74, 6) is -0.186. The lowest BCUT2D eigenvalue weighted by molar-refractivity contribution is 0.0730. The molecule has 1 atom stereocenters. The van der Waals surface area contributed by atoms with Crippen LogP contribution in [-0.4, -0.2) is 59.5 Å². The maximum atomic E-state index is 13.1. The van der Waals surface area contributed by atoms with Gasteiger partial charge in [0.2, 0.25) is 0 Å². The van der Waals surface area contributed by atoms with Crippen LogP contribution in [0.5, 0.6) is 0 Å². The molecule has 1 aliphatic rings. The molecule has 0 spiro atoms. The second kappa shape index (κ2) is 9.53. The molecule has 2 amide bonds. The smallest absolute Gasteiger partial charge is 0.274 e. The molecule has 3 heterocycles. The zero-order chi connectivity index (χ0) is 21.8. The minimum Gasteiger partial charge on any atom is -0.383 e. The summed E-state index contributed by atoms with van der Waals surface area (Å²) in [6.07, 6.45) is 5.64. The summed E-state index contributed by atoms with van der Waals surface area (Å²) < 4.78 is 6.13. The number of nitrogens with zero attached hydrogens (tertiary/aromatic N) is 3. The van der Waals surface area contributed by atoms with Gasteiger partial charge in [-0.2, -0.15) is 0 Å². The van der Waals surface area contributed by atoms with Crippen LogP contribution in [0.15, 0.2) is 36.7 Å². The minimum absolute atomic E-state index is 0.0270. The highest BCUT2D eigenvalue weighted by molar-refractivity contribution is 7.21. The third-order valence-corrected chi connectivity index (χ3v) is 6.79. The molecule has 0 aliphatic carbocycles. The molecule has 3 aromatic rings. The molecule has 1 aliphatic heterocycles. The van der Waals surface area contributed by atoms with Crippen LogP contribution in [0.1, 0.15) is 44.3 Å². The summed E-state index contributed by atoms with van der Waals surface area (Å²) in [4.78, 5) is 37.1. The molecular weight excluding hydrogens is 412 g/mol. The fourth-order valence-corrected chi connectivity index (χ4v) is 5.18. The number of rotatable bonds is 7. The van der Waals surface area contributed by atoms with Crippen molar-refractivity contribution in [2.45, 2.75) is 32.2 Å². The highest BCUT2D eigenvalue weighted by Crippen LogP contribution is 2.34. The number of hydrogen-bond acceptors (Lipinski definition) is 6. The van der Waals surface area contributed by atoms with Gasteiger partial charge in [0.1, 0.15) is 5.69 Å². The van der Waals surface area contributed by atoms with Crippen molar-refractivity contribution in [2.75, 3.05) is 26.8 Å². The number of nitrogens with one attached hydrogen (secondary N) is 1. The van der Waals surface area contributed by atoms with Gasteiger partial charge in [0.05, 0.1) is 23.4 Å². The first-order chi connectivity index (χ1) is 15.1. The molecule has 1 unspecified atom stereocenters. The summed E-state index contributed by atoms with van der Waals surface area (Å²) in [5.41, 5.74) is 2.16. The van der Waals surface area contributed by atoms with Crippen molar-refractivity contribution in [3.05, 3.63) is 58.5 Å². The number of amides is 2. The lowest BCUT2D eigenvalue weighted by atomic mass is 10.00. The van der Waals surface area contributed by atoms with E-state index in [1.807, 2.05) is 30.0 Å². The van der Waals surface area contributed by atoms with E-state index in [4.69, 9.17) is 4.74 Å². The molecule has 0 bridgehead atoms. The van der Waals surface area contributed by atoms with Gasteiger partial charge in [-0.15, -0.1) is 11.3 Å². The number of ether oxygens (including phenoxy) is 1. The third kappa shape index (κ3) is 4.60. The van der Waals surface area contributed by atoms with Gasteiger partial charge in [-0.1, -0.05) is 18.2 Å². The van der Waals surface area contributed by atoms with E-state index < -0.39 is 0 Å². The molecule has 0 saturated carbocycles. The van der Waals surface area contributed by atoms with Crippen molar-refractivity contribution in [3.63, 3.8) is 0 Å². The van der Waals surface area contributed by atoms with E-state index >= 15 is 0 Å². The minimum atomic E-state index is -0.0966. The Bertz CT molecular complexity index is 1080. The van der Waals surface area contributed by atoms with Crippen molar-refractivity contribution >= 4 is 33.2 Å². The van der Waals surface area contributed by atoms with Crippen molar-refractivity contribution < 1.29 is 14.3 Å². The average Bonchev–Trinajstić information content (AvgIpc) is 3.39. The lowest BCUT2D eigenvalue weighted by Crippen LogP contribution is -2.37. The summed E-state index contributed by atoms with van der Waals surface area (Å²) in [6.45, 7) is 3.47. The van der Waals surface area contributed by atoms with Crippen LogP contribution in [0.2, 0.25) is 0 Å². The number of carbonyl (C=O) groups excluding carboxylic acids is 2. The SMILES string of the molecule is COCCNC(=O)c1sc2ccccc2c1CC1CCCN1C(=O)c1cnc(C)cn1. The number of aryl methyl sites for hydroxylation is 1. The van der Waals surface area contributed by atoms with Crippen molar-refractivity contribution in [1.82, 2.24) is 20.2 Å². The van der Waals surface area contributed by atoms with Gasteiger partial charge in [0, 0.05) is 37.1 Å². The maximum absolute atomic E-state index is 13.1. The van der Waals surface area contributed by atoms with Gasteiger partial charge in [0.15, 0.2) is 0 Å². The van der Waals surface area contributed by atoms with Crippen LogP contribution in [-0.2, 0) is 11.2 Å². The zero-order valence-corrected chi connectivity index (χ0v) is 18.6. The van der Waals surface area contributed by atoms with Crippen molar-refractivity contribution in [1.29, 1.82) is 0 Å². The van der Waals surface area contributed by atoms with Gasteiger partial charge in [-0.05, 0) is 43.2 Å². The van der Waals surface area contributed by atoms with E-state index in [9.17, 15) is 9.59 Å². The number of hydrogen-bond donors (Lipinski definition) is 1.